The molecule has 4 radical (unpaired) electrons. The van der Waals surface area contributed by atoms with Crippen molar-refractivity contribution in [2.75, 3.05) is 0 Å². The Bertz CT molecular complexity index is 8.00. The van der Waals surface area contributed by atoms with Crippen LogP contribution in [0.1, 0.15) is 0 Å². The SMILES string of the molecule is [Ba].[Fe].[O]=[Pb]. The summed E-state index contributed by atoms with van der Waals surface area (Å²) < 4.78 is 8.39. The molecule has 0 saturated carbocycles. The van der Waals surface area contributed by atoms with Crippen LogP contribution in [0.2, 0.25) is 0 Å². The van der Waals surface area contributed by atoms with E-state index in [1.165, 1.54) is 0 Å². The summed E-state index contributed by atoms with van der Waals surface area (Å²) in [6.45, 7) is 0. The van der Waals surface area contributed by atoms with Crippen LogP contribution in [-0.4, -0.2) is 74.7 Å². The predicted molar refractivity (Wildman–Crippen MR) is 12.2 cm³/mol. The molecule has 0 aromatic carbocycles. The monoisotopic (exact) mass is 418 g/mol. The van der Waals surface area contributed by atoms with E-state index in [-0.39, 0.29) is 91.7 Å². The van der Waals surface area contributed by atoms with E-state index in [0.717, 1.165) is 0 Å². The third-order valence-corrected chi connectivity index (χ3v) is 0. The fourth-order valence-corrected chi connectivity index (χ4v) is 0. The molecule has 0 aliphatic rings. The van der Waals surface area contributed by atoms with Crippen LogP contribution in [-0.2, 0) is 19.8 Å². The number of rotatable bonds is 0. The van der Waals surface area contributed by atoms with Crippen molar-refractivity contribution in [1.29, 1.82) is 0 Å². The van der Waals surface area contributed by atoms with E-state index in [0.29, 0.717) is 0 Å². The van der Waals surface area contributed by atoms with Crippen molar-refractivity contribution in [3.8, 4) is 0 Å². The maximum atomic E-state index is 8.39. The summed E-state index contributed by atoms with van der Waals surface area (Å²) in [6, 6.07) is 0. The summed E-state index contributed by atoms with van der Waals surface area (Å²) in [6.07, 6.45) is 0. The van der Waals surface area contributed by atoms with Crippen molar-refractivity contribution < 1.29 is 19.8 Å². The zero-order valence-corrected chi connectivity index (χ0v) is 11.4. The molecular formula is BaFeOPb. The summed E-state index contributed by atoms with van der Waals surface area (Å²) in [5, 5.41) is 0. The van der Waals surface area contributed by atoms with Crippen molar-refractivity contribution >= 4 is 74.7 Å². The van der Waals surface area contributed by atoms with E-state index in [2.05, 4.69) is 0 Å². The topological polar surface area (TPSA) is 17.1 Å². The van der Waals surface area contributed by atoms with Crippen LogP contribution < -0.4 is 0 Å². The molecule has 0 unspecified atom stereocenters. The normalized spacial score (nSPS) is 1.00. The molecule has 0 saturated heterocycles. The second kappa shape index (κ2) is 17.0. The molecule has 0 N–H and O–H groups in total. The zero-order valence-electron chi connectivity index (χ0n) is 1.97. The van der Waals surface area contributed by atoms with Gasteiger partial charge in [-0.3, -0.25) is 0 Å². The van der Waals surface area contributed by atoms with Crippen molar-refractivity contribution in [2.45, 2.75) is 0 Å². The predicted octanol–water partition coefficient (Wildman–Crippen LogP) is -0.883. The fourth-order valence-electron chi connectivity index (χ4n) is 0. The van der Waals surface area contributed by atoms with E-state index >= 15 is 0 Å². The molecule has 0 rings (SSSR count). The Morgan fingerprint density at radius 1 is 1.25 bits per heavy atom. The van der Waals surface area contributed by atoms with E-state index in [9.17, 15) is 0 Å². The van der Waals surface area contributed by atoms with Crippen molar-refractivity contribution in [1.82, 2.24) is 0 Å². The second-order valence-corrected chi connectivity index (χ2v) is 0. The Kier molecular flexibility index (Phi) is 67.4. The van der Waals surface area contributed by atoms with Crippen LogP contribution in [0, 0.1) is 0 Å². The molecule has 0 fully saturated rings. The van der Waals surface area contributed by atoms with Gasteiger partial charge in [-0.05, 0) is 0 Å². The quantitative estimate of drug-likeness (QED) is 0.469. The summed E-state index contributed by atoms with van der Waals surface area (Å²) in [5.74, 6) is 0. The van der Waals surface area contributed by atoms with Crippen LogP contribution in [0.15, 0.2) is 0 Å². The van der Waals surface area contributed by atoms with Gasteiger partial charge in [0.2, 0.25) is 0 Å². The van der Waals surface area contributed by atoms with E-state index in [1.807, 2.05) is 0 Å². The van der Waals surface area contributed by atoms with Crippen LogP contribution in [0.5, 0.6) is 0 Å². The van der Waals surface area contributed by atoms with Gasteiger partial charge >= 0.3 is 28.5 Å². The summed E-state index contributed by atoms with van der Waals surface area (Å²) >= 11 is 0.0556. The first-order valence-corrected chi connectivity index (χ1v) is 1.79. The zero-order chi connectivity index (χ0) is 2.00. The van der Waals surface area contributed by atoms with Gasteiger partial charge in [-0.2, -0.15) is 0 Å². The summed E-state index contributed by atoms with van der Waals surface area (Å²) in [7, 11) is 0. The van der Waals surface area contributed by atoms with Gasteiger partial charge in [0.25, 0.3) is 0 Å². The first kappa shape index (κ1) is 15.8. The van der Waals surface area contributed by atoms with Crippen LogP contribution in [0.25, 0.3) is 0 Å². The molecule has 1 nitrogen and oxygen atoms in total. The van der Waals surface area contributed by atoms with Gasteiger partial charge in [-0.15, -0.1) is 0 Å². The molecule has 0 spiro atoms. The van der Waals surface area contributed by atoms with E-state index in [4.69, 9.17) is 2.69 Å². The van der Waals surface area contributed by atoms with Gasteiger partial charge in [0.15, 0.2) is 0 Å². The maximum absolute atomic E-state index is 8.39. The molecule has 4 heavy (non-hydrogen) atoms. The third-order valence-electron chi connectivity index (χ3n) is 0. The summed E-state index contributed by atoms with van der Waals surface area (Å²) in [5.41, 5.74) is 0. The minimum absolute atomic E-state index is 0. The molecule has 0 amide bonds. The fraction of sp³-hybridized carbons (Fsp3) is 0. The van der Waals surface area contributed by atoms with Crippen LogP contribution >= 0.6 is 0 Å². The standard InChI is InChI=1S/Ba.Fe.O.Pb. The number of hydrogen-bond donors (Lipinski definition) is 0. The molecule has 20 valence electrons. The Labute approximate surface area is 92.0 Å². The molecule has 0 aromatic rings. The van der Waals surface area contributed by atoms with Gasteiger partial charge in [0, 0.05) is 65.9 Å². The summed E-state index contributed by atoms with van der Waals surface area (Å²) in [4.78, 5) is 0. The van der Waals surface area contributed by atoms with Crippen molar-refractivity contribution in [2.24, 2.45) is 0 Å². The van der Waals surface area contributed by atoms with Gasteiger partial charge < -0.3 is 0 Å². The van der Waals surface area contributed by atoms with Gasteiger partial charge in [0.05, 0.1) is 0 Å². The van der Waals surface area contributed by atoms with Crippen molar-refractivity contribution in [3.63, 3.8) is 0 Å². The molecule has 0 heterocycles. The first-order valence-electron chi connectivity index (χ1n) is 0.204. The van der Waals surface area contributed by atoms with Crippen LogP contribution in [0.4, 0.5) is 0 Å². The molecule has 0 atom stereocenters. The second-order valence-electron chi connectivity index (χ2n) is 0. The Morgan fingerprint density at radius 3 is 1.25 bits per heavy atom. The average molecular weight is 416 g/mol. The molecule has 0 aliphatic carbocycles. The Hall–Kier alpha value is 2.81. The minimum atomic E-state index is 0. The van der Waals surface area contributed by atoms with Crippen LogP contribution in [0.3, 0.4) is 0 Å². The molecule has 0 aliphatic heterocycles. The van der Waals surface area contributed by atoms with E-state index in [1.54, 1.807) is 0 Å². The van der Waals surface area contributed by atoms with Gasteiger partial charge in [0.1, 0.15) is 0 Å². The van der Waals surface area contributed by atoms with E-state index < -0.39 is 0 Å². The number of hydrogen-bond acceptors (Lipinski definition) is 1. The molecular weight excluding hydrogens is 416 g/mol. The third kappa shape index (κ3) is 8.84. The molecule has 0 aromatic heterocycles. The van der Waals surface area contributed by atoms with Crippen molar-refractivity contribution in [3.05, 3.63) is 0 Å². The first-order chi connectivity index (χ1) is 1.00. The molecule has 4 heteroatoms. The van der Waals surface area contributed by atoms with Gasteiger partial charge in [-0.1, -0.05) is 0 Å². The molecule has 0 bridgehead atoms. The Balaban J connectivity index is -0.00000000500. The average Bonchev–Trinajstić information content (AvgIpc) is 1.00. The Morgan fingerprint density at radius 2 is 1.25 bits per heavy atom. The van der Waals surface area contributed by atoms with Gasteiger partial charge in [-0.25, -0.2) is 0 Å².